The summed E-state index contributed by atoms with van der Waals surface area (Å²) in [6.45, 7) is 0. The van der Waals surface area contributed by atoms with Crippen LogP contribution in [0.2, 0.25) is 0 Å². The number of benzene rings is 6. The van der Waals surface area contributed by atoms with Gasteiger partial charge in [0.15, 0.2) is 0 Å². The summed E-state index contributed by atoms with van der Waals surface area (Å²) in [5, 5.41) is 7.55. The second kappa shape index (κ2) is 17.9. The minimum Gasteiger partial charge on any atom is -0.744 e. The van der Waals surface area contributed by atoms with Crippen LogP contribution in [-0.2, 0) is 40.3 Å². The first-order chi connectivity index (χ1) is 25.2. The molecule has 0 fully saturated rings. The standard InChI is InChI=1S/C35H30N4O11S4.2K/c1-38(29-5-3-7-33(21-29)53(45,46)47)51(41,42)31-15-11-23-9-13-27(17-25(23)19-31)36-35(40)37-28-14-10-24-12-16-32(20-26(24)18-28)52(43,44)39(2)30-6-4-8-34(22-30)54(48,49)50;;/h3-22H,1-2H3,(H2,36,37,40)(H,45,46,47)(H,48,49,50);;/q;2*+1/p-2. The van der Waals surface area contributed by atoms with Crippen molar-refractivity contribution in [2.24, 2.45) is 0 Å². The molecule has 0 aliphatic heterocycles. The maximum Gasteiger partial charge on any atom is 1.00 e. The molecule has 2 amide bonds. The van der Waals surface area contributed by atoms with E-state index in [2.05, 4.69) is 10.6 Å². The maximum atomic E-state index is 13.5. The number of hydrogen-bond donors (Lipinski definition) is 2. The SMILES string of the molecule is CN(c1cccc(S(=O)(=O)[O-])c1)S(=O)(=O)c1ccc2ccc(NC(=O)Nc3ccc4ccc(S(=O)(=O)N(C)c5cccc(S(=O)(=O)[O-])c5)cc4c3)cc2c1.[K+].[K+]. The van der Waals surface area contributed by atoms with Crippen LogP contribution in [0.1, 0.15) is 0 Å². The van der Waals surface area contributed by atoms with Crippen molar-refractivity contribution in [3.05, 3.63) is 121 Å². The molecule has 6 rings (SSSR count). The van der Waals surface area contributed by atoms with Crippen molar-refractivity contribution in [3.63, 3.8) is 0 Å². The molecule has 21 heteroatoms. The molecule has 6 aromatic carbocycles. The molecule has 0 unspecified atom stereocenters. The van der Waals surface area contributed by atoms with Crippen molar-refractivity contribution in [1.29, 1.82) is 0 Å². The fraction of sp³-hybridized carbons (Fsp3) is 0.0571. The van der Waals surface area contributed by atoms with E-state index in [4.69, 9.17) is 0 Å². The molecule has 0 spiro atoms. The van der Waals surface area contributed by atoms with Gasteiger partial charge in [-0.05, 0) is 106 Å². The quantitative estimate of drug-likeness (QED) is 0.127. The largest absolute Gasteiger partial charge is 1.00 e. The molecule has 0 atom stereocenters. The minimum atomic E-state index is -4.82. The smallest absolute Gasteiger partial charge is 0.744 e. The summed E-state index contributed by atoms with van der Waals surface area (Å²) in [6, 6.07) is 26.9. The predicted molar refractivity (Wildman–Crippen MR) is 201 cm³/mol. The average Bonchev–Trinajstić information content (AvgIpc) is 3.12. The van der Waals surface area contributed by atoms with Crippen molar-refractivity contribution in [2.75, 3.05) is 33.3 Å². The monoisotopic (exact) mass is 886 g/mol. The predicted octanol–water partition coefficient (Wildman–Crippen LogP) is -0.897. The fourth-order valence-electron chi connectivity index (χ4n) is 5.48. The summed E-state index contributed by atoms with van der Waals surface area (Å²) in [5.74, 6) is 0. The zero-order chi connectivity index (χ0) is 39.2. The Hall–Kier alpha value is -2.30. The molecule has 0 saturated heterocycles. The maximum absolute atomic E-state index is 13.5. The zero-order valence-electron chi connectivity index (χ0n) is 30.1. The summed E-state index contributed by atoms with van der Waals surface area (Å²) >= 11 is 0. The van der Waals surface area contributed by atoms with Crippen LogP contribution < -0.4 is 122 Å². The number of anilines is 4. The Bertz CT molecular complexity index is 2750. The third kappa shape index (κ3) is 10.3. The van der Waals surface area contributed by atoms with E-state index in [0.29, 0.717) is 32.9 Å². The third-order valence-electron chi connectivity index (χ3n) is 8.40. The Labute approximate surface area is 408 Å². The molecule has 0 aliphatic rings. The van der Waals surface area contributed by atoms with Crippen molar-refractivity contribution < 1.29 is 150 Å². The van der Waals surface area contributed by atoms with Gasteiger partial charge in [0, 0.05) is 25.5 Å². The molecular weight excluding hydrogens is 859 g/mol. The molecule has 0 aliphatic carbocycles. The average molecular weight is 887 g/mol. The minimum absolute atomic E-state index is 0. The van der Waals surface area contributed by atoms with E-state index in [-0.39, 0.29) is 124 Å². The Kier molecular flexibility index (Phi) is 14.8. The molecule has 280 valence electrons. The molecule has 0 bridgehead atoms. The second-order valence-electron chi connectivity index (χ2n) is 11.9. The van der Waals surface area contributed by atoms with Gasteiger partial charge in [-0.15, -0.1) is 0 Å². The van der Waals surface area contributed by atoms with Gasteiger partial charge in [-0.1, -0.05) is 36.4 Å². The molecule has 15 nitrogen and oxygen atoms in total. The first-order valence-electron chi connectivity index (χ1n) is 15.5. The van der Waals surface area contributed by atoms with Crippen molar-refractivity contribution in [1.82, 2.24) is 0 Å². The number of carbonyl (C=O) groups excluding carboxylic acids is 1. The Morgan fingerprint density at radius 2 is 0.821 bits per heavy atom. The number of fused-ring (bicyclic) bond motifs is 2. The van der Waals surface area contributed by atoms with Crippen molar-refractivity contribution >= 4 is 90.6 Å². The Morgan fingerprint density at radius 3 is 1.18 bits per heavy atom. The molecule has 0 saturated carbocycles. The van der Waals surface area contributed by atoms with Gasteiger partial charge in [0.1, 0.15) is 20.2 Å². The number of hydrogen-bond acceptors (Lipinski definition) is 11. The molecule has 0 heterocycles. The molecule has 2 N–H and O–H groups in total. The van der Waals surface area contributed by atoms with Gasteiger partial charge >= 0.3 is 109 Å². The van der Waals surface area contributed by atoms with E-state index < -0.39 is 56.1 Å². The van der Waals surface area contributed by atoms with Crippen molar-refractivity contribution in [3.8, 4) is 0 Å². The van der Waals surface area contributed by atoms with Gasteiger partial charge in [0.05, 0.1) is 31.0 Å². The third-order valence-corrected chi connectivity index (χ3v) is 13.6. The first-order valence-corrected chi connectivity index (χ1v) is 21.2. The van der Waals surface area contributed by atoms with Crippen LogP contribution in [0.5, 0.6) is 0 Å². The second-order valence-corrected chi connectivity index (χ2v) is 18.6. The summed E-state index contributed by atoms with van der Waals surface area (Å²) in [5.41, 5.74) is 0.532. The van der Waals surface area contributed by atoms with Crippen LogP contribution >= 0.6 is 0 Å². The molecule has 56 heavy (non-hydrogen) atoms. The van der Waals surface area contributed by atoms with Gasteiger partial charge in [-0.3, -0.25) is 8.61 Å². The normalized spacial score (nSPS) is 11.9. The van der Waals surface area contributed by atoms with E-state index in [1.54, 1.807) is 48.5 Å². The molecule has 6 aromatic rings. The number of carbonyl (C=O) groups is 1. The van der Waals surface area contributed by atoms with Crippen LogP contribution in [0.3, 0.4) is 0 Å². The number of sulfonamides is 2. The summed E-state index contributed by atoms with van der Waals surface area (Å²) < 4.78 is 124. The molecular formula is C35H28K2N4O11S4. The Morgan fingerprint density at radius 1 is 0.464 bits per heavy atom. The molecule has 0 aromatic heterocycles. The van der Waals surface area contributed by atoms with Crippen LogP contribution in [-0.4, -0.2) is 62.9 Å². The summed E-state index contributed by atoms with van der Waals surface area (Å²) in [4.78, 5) is 11.6. The number of rotatable bonds is 10. The van der Waals surface area contributed by atoms with Gasteiger partial charge in [-0.2, -0.15) is 0 Å². The number of amides is 2. The van der Waals surface area contributed by atoms with Gasteiger partial charge in [0.2, 0.25) is 0 Å². The van der Waals surface area contributed by atoms with E-state index in [1.807, 2.05) is 0 Å². The Balaban J connectivity index is 0.00000348. The number of urea groups is 1. The molecule has 0 radical (unpaired) electrons. The van der Waals surface area contributed by atoms with E-state index >= 15 is 0 Å². The van der Waals surface area contributed by atoms with Crippen LogP contribution in [0, 0.1) is 0 Å². The van der Waals surface area contributed by atoms with E-state index in [9.17, 15) is 47.6 Å². The zero-order valence-corrected chi connectivity index (χ0v) is 39.6. The topological polar surface area (TPSA) is 230 Å². The van der Waals surface area contributed by atoms with Gasteiger partial charge in [-0.25, -0.2) is 38.5 Å². The van der Waals surface area contributed by atoms with Crippen LogP contribution in [0.4, 0.5) is 27.5 Å². The van der Waals surface area contributed by atoms with Gasteiger partial charge in [0.25, 0.3) is 20.0 Å². The number of nitrogens with one attached hydrogen (secondary N) is 2. The summed E-state index contributed by atoms with van der Waals surface area (Å²) in [7, 11) is -15.6. The first kappa shape index (κ1) is 46.4. The van der Waals surface area contributed by atoms with Crippen molar-refractivity contribution in [2.45, 2.75) is 19.6 Å². The van der Waals surface area contributed by atoms with E-state index in [1.165, 1.54) is 62.6 Å². The van der Waals surface area contributed by atoms with Gasteiger partial charge < -0.3 is 19.7 Å². The fourth-order valence-corrected chi connectivity index (χ4v) is 8.95. The number of nitrogens with zero attached hydrogens (tertiary/aromatic N) is 2. The summed E-state index contributed by atoms with van der Waals surface area (Å²) in [6.07, 6.45) is 0. The van der Waals surface area contributed by atoms with Crippen LogP contribution in [0.25, 0.3) is 21.5 Å². The van der Waals surface area contributed by atoms with Crippen LogP contribution in [0.15, 0.2) is 141 Å². The van der Waals surface area contributed by atoms with E-state index in [0.717, 1.165) is 32.9 Å².